The van der Waals surface area contributed by atoms with Crippen molar-refractivity contribution in [1.29, 1.82) is 0 Å². The fourth-order valence-electron chi connectivity index (χ4n) is 2.78. The molecule has 0 atom stereocenters. The van der Waals surface area contributed by atoms with Gasteiger partial charge in [0.2, 0.25) is 0 Å². The van der Waals surface area contributed by atoms with E-state index in [4.69, 9.17) is 5.11 Å². The van der Waals surface area contributed by atoms with Crippen molar-refractivity contribution in [3.05, 3.63) is 105 Å². The minimum absolute atomic E-state index is 0.0153. The van der Waals surface area contributed by atoms with Crippen LogP contribution in [0.2, 0.25) is 0 Å². The van der Waals surface area contributed by atoms with Gasteiger partial charge < -0.3 is 9.67 Å². The summed E-state index contributed by atoms with van der Waals surface area (Å²) in [6.45, 7) is 2.34. The summed E-state index contributed by atoms with van der Waals surface area (Å²) in [6.07, 6.45) is 3.01. The van der Waals surface area contributed by atoms with Crippen LogP contribution < -0.4 is 11.0 Å². The molecule has 7 nitrogen and oxygen atoms in total. The maximum absolute atomic E-state index is 12.6. The van der Waals surface area contributed by atoms with Gasteiger partial charge >= 0.3 is 5.97 Å². The van der Waals surface area contributed by atoms with Gasteiger partial charge in [-0.25, -0.2) is 10.2 Å². The molecule has 0 radical (unpaired) electrons. The molecule has 146 valence electrons. The first-order valence-electron chi connectivity index (χ1n) is 8.86. The highest BCUT2D eigenvalue weighted by Gasteiger charge is 2.11. The summed E-state index contributed by atoms with van der Waals surface area (Å²) in [4.78, 5) is 35.8. The number of hydrogen-bond donors (Lipinski definition) is 2. The molecule has 0 saturated carbocycles. The van der Waals surface area contributed by atoms with E-state index in [2.05, 4.69) is 10.5 Å². The van der Waals surface area contributed by atoms with E-state index in [1.165, 1.54) is 29.0 Å². The summed E-state index contributed by atoms with van der Waals surface area (Å²) in [7, 11) is 0. The lowest BCUT2D eigenvalue weighted by Crippen LogP contribution is -2.30. The molecule has 0 aliphatic carbocycles. The lowest BCUT2D eigenvalue weighted by molar-refractivity contribution is 0.0696. The molecule has 7 heteroatoms. The SMILES string of the molecule is Cc1cccc(Cn2cccc(C(=O)N/N=C\c3ccc(C(=O)O)cc3)c2=O)c1. The minimum atomic E-state index is -1.02. The standard InChI is InChI=1S/C22H19N3O4/c1-15-4-2-5-17(12-15)14-25-11-3-6-19(21(25)27)20(26)24-23-13-16-7-9-18(10-8-16)22(28)29/h2-13H,14H2,1H3,(H,24,26)(H,28,29)/b23-13-. The molecule has 3 aromatic rings. The van der Waals surface area contributed by atoms with E-state index < -0.39 is 17.4 Å². The number of pyridine rings is 1. The molecule has 0 fully saturated rings. The number of carbonyl (C=O) groups is 2. The van der Waals surface area contributed by atoms with E-state index in [1.807, 2.05) is 31.2 Å². The molecule has 1 amide bonds. The third-order valence-electron chi connectivity index (χ3n) is 4.24. The van der Waals surface area contributed by atoms with Crippen LogP contribution in [0.1, 0.15) is 37.4 Å². The third-order valence-corrected chi connectivity index (χ3v) is 4.24. The largest absolute Gasteiger partial charge is 0.478 e. The molecular weight excluding hydrogens is 370 g/mol. The summed E-state index contributed by atoms with van der Waals surface area (Å²) in [5.41, 5.74) is 4.73. The molecule has 2 N–H and O–H groups in total. The van der Waals surface area contributed by atoms with Gasteiger partial charge in [-0.3, -0.25) is 9.59 Å². The Labute approximate surface area is 166 Å². The number of hydrazone groups is 1. The number of amides is 1. The number of rotatable bonds is 6. The van der Waals surface area contributed by atoms with E-state index in [9.17, 15) is 14.4 Å². The van der Waals surface area contributed by atoms with E-state index in [0.29, 0.717) is 12.1 Å². The average Bonchev–Trinajstić information content (AvgIpc) is 2.70. The van der Waals surface area contributed by atoms with Crippen LogP contribution in [-0.4, -0.2) is 27.8 Å². The molecule has 2 aromatic carbocycles. The minimum Gasteiger partial charge on any atom is -0.478 e. The fourth-order valence-corrected chi connectivity index (χ4v) is 2.78. The Morgan fingerprint density at radius 1 is 1.10 bits per heavy atom. The van der Waals surface area contributed by atoms with Crippen LogP contribution in [0, 0.1) is 6.92 Å². The van der Waals surface area contributed by atoms with Crippen molar-refractivity contribution in [2.75, 3.05) is 0 Å². The highest BCUT2D eigenvalue weighted by molar-refractivity contribution is 5.94. The van der Waals surface area contributed by atoms with E-state index in [1.54, 1.807) is 24.4 Å². The molecule has 1 heterocycles. The van der Waals surface area contributed by atoms with Crippen molar-refractivity contribution in [2.45, 2.75) is 13.5 Å². The summed E-state index contributed by atoms with van der Waals surface area (Å²) in [6, 6.07) is 16.9. The van der Waals surface area contributed by atoms with Crippen LogP contribution in [0.3, 0.4) is 0 Å². The van der Waals surface area contributed by atoms with Gasteiger partial charge in [0.15, 0.2) is 0 Å². The molecule has 29 heavy (non-hydrogen) atoms. The molecule has 0 bridgehead atoms. The number of nitrogens with zero attached hydrogens (tertiary/aromatic N) is 2. The highest BCUT2D eigenvalue weighted by Crippen LogP contribution is 2.06. The predicted octanol–water partition coefficient (Wildman–Crippen LogP) is 2.67. The van der Waals surface area contributed by atoms with Crippen molar-refractivity contribution >= 4 is 18.1 Å². The summed E-state index contributed by atoms with van der Waals surface area (Å²) >= 11 is 0. The second-order valence-corrected chi connectivity index (χ2v) is 6.47. The van der Waals surface area contributed by atoms with Gasteiger partial charge in [-0.2, -0.15) is 5.10 Å². The monoisotopic (exact) mass is 389 g/mol. The Morgan fingerprint density at radius 3 is 2.55 bits per heavy atom. The predicted molar refractivity (Wildman–Crippen MR) is 109 cm³/mol. The molecule has 0 saturated heterocycles. The number of benzene rings is 2. The Balaban J connectivity index is 1.71. The fraction of sp³-hybridized carbons (Fsp3) is 0.0909. The molecule has 0 aliphatic heterocycles. The number of carbonyl (C=O) groups excluding carboxylic acids is 1. The van der Waals surface area contributed by atoms with Crippen LogP contribution in [0.15, 0.2) is 76.8 Å². The van der Waals surface area contributed by atoms with Gasteiger partial charge in [0.05, 0.1) is 18.3 Å². The van der Waals surface area contributed by atoms with Gasteiger partial charge in [0.25, 0.3) is 11.5 Å². The molecular formula is C22H19N3O4. The average molecular weight is 389 g/mol. The molecule has 3 rings (SSSR count). The van der Waals surface area contributed by atoms with Crippen LogP contribution in [-0.2, 0) is 6.54 Å². The lowest BCUT2D eigenvalue weighted by atomic mass is 10.1. The zero-order valence-corrected chi connectivity index (χ0v) is 15.7. The molecule has 0 spiro atoms. The topological polar surface area (TPSA) is 101 Å². The summed E-state index contributed by atoms with van der Waals surface area (Å²) in [5.74, 6) is -1.64. The molecule has 1 aromatic heterocycles. The second kappa shape index (κ2) is 8.79. The third kappa shape index (κ3) is 5.04. The first kappa shape index (κ1) is 19.8. The van der Waals surface area contributed by atoms with Crippen molar-refractivity contribution in [2.24, 2.45) is 5.10 Å². The maximum Gasteiger partial charge on any atom is 0.335 e. The van der Waals surface area contributed by atoms with E-state index in [-0.39, 0.29) is 11.1 Å². The summed E-state index contributed by atoms with van der Waals surface area (Å²) in [5, 5.41) is 12.7. The quantitative estimate of drug-likeness (QED) is 0.500. The Morgan fingerprint density at radius 2 is 1.86 bits per heavy atom. The highest BCUT2D eigenvalue weighted by atomic mass is 16.4. The molecule has 0 unspecified atom stereocenters. The summed E-state index contributed by atoms with van der Waals surface area (Å²) < 4.78 is 1.47. The van der Waals surface area contributed by atoms with Crippen molar-refractivity contribution in [3.63, 3.8) is 0 Å². The van der Waals surface area contributed by atoms with E-state index in [0.717, 1.165) is 11.1 Å². The maximum atomic E-state index is 12.6. The van der Waals surface area contributed by atoms with Gasteiger partial charge in [0.1, 0.15) is 5.56 Å². The van der Waals surface area contributed by atoms with Gasteiger partial charge in [-0.05, 0) is 42.3 Å². The van der Waals surface area contributed by atoms with Crippen molar-refractivity contribution < 1.29 is 14.7 Å². The van der Waals surface area contributed by atoms with Gasteiger partial charge in [-0.1, -0.05) is 42.0 Å². The van der Waals surface area contributed by atoms with Crippen LogP contribution >= 0.6 is 0 Å². The van der Waals surface area contributed by atoms with Gasteiger partial charge in [0, 0.05) is 6.20 Å². The van der Waals surface area contributed by atoms with Crippen LogP contribution in [0.5, 0.6) is 0 Å². The van der Waals surface area contributed by atoms with E-state index >= 15 is 0 Å². The Kier molecular flexibility index (Phi) is 5.99. The normalized spacial score (nSPS) is 10.8. The number of carboxylic acids is 1. The van der Waals surface area contributed by atoms with Crippen molar-refractivity contribution in [3.8, 4) is 0 Å². The molecule has 0 aliphatic rings. The zero-order valence-electron chi connectivity index (χ0n) is 15.7. The Hall–Kier alpha value is -4.00. The smallest absolute Gasteiger partial charge is 0.335 e. The number of aryl methyl sites for hydroxylation is 1. The zero-order chi connectivity index (χ0) is 20.8. The number of aromatic nitrogens is 1. The van der Waals surface area contributed by atoms with Crippen molar-refractivity contribution in [1.82, 2.24) is 9.99 Å². The number of nitrogens with one attached hydrogen (secondary N) is 1. The Bertz CT molecular complexity index is 1130. The van der Waals surface area contributed by atoms with Gasteiger partial charge in [-0.15, -0.1) is 0 Å². The first-order chi connectivity index (χ1) is 13.9. The number of hydrogen-bond acceptors (Lipinski definition) is 4. The lowest BCUT2D eigenvalue weighted by Gasteiger charge is -2.08. The number of carboxylic acid groups (broad SMARTS) is 1. The number of aromatic carboxylic acids is 1. The second-order valence-electron chi connectivity index (χ2n) is 6.47. The van der Waals surface area contributed by atoms with Crippen LogP contribution in [0.25, 0.3) is 0 Å². The van der Waals surface area contributed by atoms with Crippen LogP contribution in [0.4, 0.5) is 0 Å². The first-order valence-corrected chi connectivity index (χ1v) is 8.86.